The molecule has 1 aliphatic rings. The Bertz CT molecular complexity index is 119. The Morgan fingerprint density at radius 3 is 3.11 bits per heavy atom. The van der Waals surface area contributed by atoms with Crippen molar-refractivity contribution in [3.05, 3.63) is 0 Å². The molecular formula is C6H11O3+. The molecule has 0 spiro atoms. The Kier molecular flexibility index (Phi) is 2.05. The summed E-state index contributed by atoms with van der Waals surface area (Å²) in [5.74, 6) is 0.650. The SMILES string of the molecule is COCC1C[O+]=C(C)O1. The molecule has 9 heavy (non-hydrogen) atoms. The fourth-order valence-electron chi connectivity index (χ4n) is 0.781. The smallest absolute Gasteiger partial charge is 0.378 e. The number of hydrogen-bond donors (Lipinski definition) is 0. The quantitative estimate of drug-likeness (QED) is 0.393. The first-order chi connectivity index (χ1) is 4.33. The van der Waals surface area contributed by atoms with Crippen LogP contribution in [0.25, 0.3) is 0 Å². The van der Waals surface area contributed by atoms with Crippen molar-refractivity contribution in [1.82, 2.24) is 0 Å². The van der Waals surface area contributed by atoms with E-state index in [0.29, 0.717) is 19.2 Å². The summed E-state index contributed by atoms with van der Waals surface area (Å²) in [4.78, 5) is 0. The highest BCUT2D eigenvalue weighted by Gasteiger charge is 2.28. The molecule has 1 aliphatic heterocycles. The molecule has 1 heterocycles. The number of ether oxygens (including phenoxy) is 2. The maximum absolute atomic E-state index is 5.17. The van der Waals surface area contributed by atoms with Crippen LogP contribution in [-0.4, -0.2) is 32.4 Å². The summed E-state index contributed by atoms with van der Waals surface area (Å²) < 4.78 is 15.1. The lowest BCUT2D eigenvalue weighted by Gasteiger charge is -1.96. The van der Waals surface area contributed by atoms with Crippen LogP contribution in [0, 0.1) is 0 Å². The molecule has 1 rings (SSSR count). The van der Waals surface area contributed by atoms with Crippen molar-refractivity contribution in [2.75, 3.05) is 20.3 Å². The number of cyclic esters (lactones) is 1. The van der Waals surface area contributed by atoms with Gasteiger partial charge < -0.3 is 13.9 Å². The number of carbonyl (C=O) groups excluding carboxylic acids is 1. The van der Waals surface area contributed by atoms with Gasteiger partial charge in [-0.15, -0.1) is 0 Å². The van der Waals surface area contributed by atoms with E-state index in [0.717, 1.165) is 0 Å². The number of methoxy groups -OCH3 is 1. The minimum Gasteiger partial charge on any atom is -0.378 e. The molecule has 0 amide bonds. The Balaban J connectivity index is 2.21. The third-order valence-corrected chi connectivity index (χ3v) is 1.16. The summed E-state index contributed by atoms with van der Waals surface area (Å²) in [6.07, 6.45) is 0.106. The van der Waals surface area contributed by atoms with Crippen LogP contribution < -0.4 is 0 Å². The van der Waals surface area contributed by atoms with Crippen LogP contribution >= 0.6 is 0 Å². The van der Waals surface area contributed by atoms with Gasteiger partial charge in [-0.2, -0.15) is 0 Å². The lowest BCUT2D eigenvalue weighted by Crippen LogP contribution is -2.18. The van der Waals surface area contributed by atoms with Gasteiger partial charge in [-0.1, -0.05) is 0 Å². The molecule has 0 bridgehead atoms. The number of esters is 1. The van der Waals surface area contributed by atoms with Crippen molar-refractivity contribution < 1.29 is 13.9 Å². The maximum atomic E-state index is 5.17. The van der Waals surface area contributed by atoms with Crippen LogP contribution in [0.15, 0.2) is 0 Å². The Morgan fingerprint density at radius 2 is 2.67 bits per heavy atom. The molecule has 0 radical (unpaired) electrons. The Labute approximate surface area is 54.3 Å². The van der Waals surface area contributed by atoms with Gasteiger partial charge in [0.1, 0.15) is 6.61 Å². The largest absolute Gasteiger partial charge is 0.482 e. The minimum absolute atomic E-state index is 0.106. The molecule has 1 unspecified atom stereocenters. The van der Waals surface area contributed by atoms with Gasteiger partial charge in [0.15, 0.2) is 0 Å². The van der Waals surface area contributed by atoms with Crippen LogP contribution in [0.5, 0.6) is 0 Å². The normalized spacial score (nSPS) is 25.6. The van der Waals surface area contributed by atoms with Crippen LogP contribution in [0.3, 0.4) is 0 Å². The second-order valence-corrected chi connectivity index (χ2v) is 2.00. The topological polar surface area (TPSA) is 29.8 Å². The van der Waals surface area contributed by atoms with E-state index < -0.39 is 0 Å². The van der Waals surface area contributed by atoms with Gasteiger partial charge in [0, 0.05) is 7.11 Å². The van der Waals surface area contributed by atoms with Gasteiger partial charge in [-0.05, 0) is 0 Å². The predicted octanol–water partition coefficient (Wildman–Crippen LogP) is 0.114. The molecule has 0 aliphatic carbocycles. The second kappa shape index (κ2) is 2.82. The van der Waals surface area contributed by atoms with Gasteiger partial charge in [0.05, 0.1) is 6.92 Å². The van der Waals surface area contributed by atoms with Gasteiger partial charge in [-0.25, -0.2) is 0 Å². The van der Waals surface area contributed by atoms with E-state index in [1.54, 1.807) is 14.0 Å². The average Bonchev–Trinajstić information content (AvgIpc) is 2.17. The fraction of sp³-hybridized carbons (Fsp3) is 0.833. The highest BCUT2D eigenvalue weighted by atomic mass is 16.6. The van der Waals surface area contributed by atoms with Crippen molar-refractivity contribution in [2.45, 2.75) is 13.0 Å². The van der Waals surface area contributed by atoms with E-state index in [1.807, 2.05) is 0 Å². The molecule has 52 valence electrons. The zero-order valence-corrected chi connectivity index (χ0v) is 5.72. The zero-order valence-electron chi connectivity index (χ0n) is 5.72. The summed E-state index contributed by atoms with van der Waals surface area (Å²) in [7, 11) is 1.65. The lowest BCUT2D eigenvalue weighted by atomic mass is 10.4. The Morgan fingerprint density at radius 1 is 1.89 bits per heavy atom. The third kappa shape index (κ3) is 1.68. The predicted molar refractivity (Wildman–Crippen MR) is 32.3 cm³/mol. The van der Waals surface area contributed by atoms with E-state index in [4.69, 9.17) is 13.9 Å². The summed E-state index contributed by atoms with van der Waals surface area (Å²) >= 11 is 0. The van der Waals surface area contributed by atoms with Crippen LogP contribution in [0.2, 0.25) is 0 Å². The van der Waals surface area contributed by atoms with E-state index in [9.17, 15) is 0 Å². The molecule has 0 aromatic rings. The van der Waals surface area contributed by atoms with Crippen molar-refractivity contribution in [1.29, 1.82) is 0 Å². The second-order valence-electron chi connectivity index (χ2n) is 2.00. The van der Waals surface area contributed by atoms with Crippen LogP contribution in [0.4, 0.5) is 0 Å². The zero-order chi connectivity index (χ0) is 6.69. The van der Waals surface area contributed by atoms with Crippen LogP contribution in [-0.2, 0) is 13.9 Å². The van der Waals surface area contributed by atoms with E-state index >= 15 is 0 Å². The molecule has 0 N–H and O–H groups in total. The lowest BCUT2D eigenvalue weighted by molar-refractivity contribution is -0.450. The average molecular weight is 131 g/mol. The molecule has 0 saturated heterocycles. The molecular weight excluding hydrogens is 120 g/mol. The van der Waals surface area contributed by atoms with Crippen molar-refractivity contribution in [2.24, 2.45) is 0 Å². The first-order valence-corrected chi connectivity index (χ1v) is 2.95. The van der Waals surface area contributed by atoms with Crippen LogP contribution in [0.1, 0.15) is 6.92 Å². The van der Waals surface area contributed by atoms with Gasteiger partial charge in [-0.3, -0.25) is 0 Å². The summed E-state index contributed by atoms with van der Waals surface area (Å²) in [6, 6.07) is 0. The van der Waals surface area contributed by atoms with Gasteiger partial charge in [0.2, 0.25) is 6.61 Å². The number of rotatable bonds is 2. The van der Waals surface area contributed by atoms with E-state index in [2.05, 4.69) is 0 Å². The van der Waals surface area contributed by atoms with Crippen molar-refractivity contribution in [3.63, 3.8) is 0 Å². The summed E-state index contributed by atoms with van der Waals surface area (Å²) in [5, 5.41) is 0. The third-order valence-electron chi connectivity index (χ3n) is 1.16. The molecule has 0 aromatic heterocycles. The number of hydrogen-bond acceptors (Lipinski definition) is 2. The molecule has 0 fully saturated rings. The minimum atomic E-state index is 0.106. The molecule has 1 atom stereocenters. The van der Waals surface area contributed by atoms with Gasteiger partial charge in [0.25, 0.3) is 6.10 Å². The molecule has 3 heteroatoms. The molecule has 3 nitrogen and oxygen atoms in total. The van der Waals surface area contributed by atoms with Crippen molar-refractivity contribution in [3.8, 4) is 0 Å². The van der Waals surface area contributed by atoms with Gasteiger partial charge >= 0.3 is 5.97 Å². The standard InChI is InChI=1S/C6H11O3/c1-5-8-4-6(9-5)3-7-2/h6H,3-4H2,1-2H3/q+1. The van der Waals surface area contributed by atoms with E-state index in [1.165, 1.54) is 0 Å². The summed E-state index contributed by atoms with van der Waals surface area (Å²) in [5.41, 5.74) is 0. The first-order valence-electron chi connectivity index (χ1n) is 2.95. The Hall–Kier alpha value is -0.570. The van der Waals surface area contributed by atoms with Crippen molar-refractivity contribution >= 4 is 5.97 Å². The summed E-state index contributed by atoms with van der Waals surface area (Å²) in [6.45, 7) is 3.03. The highest BCUT2D eigenvalue weighted by Crippen LogP contribution is 1.99. The molecule has 0 saturated carbocycles. The first kappa shape index (κ1) is 6.55. The maximum Gasteiger partial charge on any atom is 0.482 e. The molecule has 0 aromatic carbocycles. The monoisotopic (exact) mass is 131 g/mol. The van der Waals surface area contributed by atoms with E-state index in [-0.39, 0.29) is 6.10 Å². The fourth-order valence-corrected chi connectivity index (χ4v) is 0.781. The highest BCUT2D eigenvalue weighted by molar-refractivity contribution is 5.67.